The summed E-state index contributed by atoms with van der Waals surface area (Å²) in [6, 6.07) is 3.27. The smallest absolute Gasteiger partial charge is 0.196 e. The fourth-order valence-corrected chi connectivity index (χ4v) is 0.914. The molecule has 1 rings (SSSR count). The van der Waals surface area contributed by atoms with Gasteiger partial charge >= 0.3 is 0 Å². The highest BCUT2D eigenvalue weighted by atomic mass is 35.5. The van der Waals surface area contributed by atoms with Gasteiger partial charge in [0.25, 0.3) is 0 Å². The van der Waals surface area contributed by atoms with Crippen molar-refractivity contribution in [3.63, 3.8) is 0 Å². The molecule has 0 fully saturated rings. The molecule has 0 aliphatic rings. The van der Waals surface area contributed by atoms with Gasteiger partial charge in [-0.2, -0.15) is 0 Å². The van der Waals surface area contributed by atoms with Crippen LogP contribution in [-0.2, 0) is 0 Å². The number of pyridine rings is 1. The van der Waals surface area contributed by atoms with E-state index in [1.807, 2.05) is 0 Å². The van der Waals surface area contributed by atoms with E-state index in [1.165, 1.54) is 6.20 Å². The maximum Gasteiger partial charge on any atom is 0.196 e. The zero-order valence-electron chi connectivity index (χ0n) is 6.57. The van der Waals surface area contributed by atoms with Gasteiger partial charge in [0, 0.05) is 6.20 Å². The van der Waals surface area contributed by atoms with Crippen LogP contribution in [0.3, 0.4) is 0 Å². The van der Waals surface area contributed by atoms with E-state index in [4.69, 9.17) is 17.3 Å². The Morgan fingerprint density at radius 3 is 2.62 bits per heavy atom. The fourth-order valence-electron chi connectivity index (χ4n) is 0.688. The summed E-state index contributed by atoms with van der Waals surface area (Å²) in [5, 5.41) is 0.350. The number of aromatic nitrogens is 1. The van der Waals surface area contributed by atoms with Crippen molar-refractivity contribution >= 4 is 42.2 Å². The van der Waals surface area contributed by atoms with Crippen LogP contribution in [0.1, 0.15) is 10.5 Å². The molecule has 0 atom stereocenters. The maximum absolute atomic E-state index is 11.0. The van der Waals surface area contributed by atoms with Crippen molar-refractivity contribution < 1.29 is 4.79 Å². The Morgan fingerprint density at radius 1 is 1.54 bits per heavy atom. The minimum absolute atomic E-state index is 0. The zero-order valence-corrected chi connectivity index (χ0v) is 8.96. The van der Waals surface area contributed by atoms with E-state index < -0.39 is 0 Å². The normalized spacial score (nSPS) is 8.15. The van der Waals surface area contributed by atoms with Crippen LogP contribution in [0, 0.1) is 0 Å². The van der Waals surface area contributed by atoms with Crippen molar-refractivity contribution in [3.8, 4) is 0 Å². The summed E-state index contributed by atoms with van der Waals surface area (Å²) in [4.78, 5) is 14.7. The third kappa shape index (κ3) is 3.91. The lowest BCUT2D eigenvalue weighted by molar-refractivity contribution is 0.0997. The van der Waals surface area contributed by atoms with Crippen molar-refractivity contribution in [2.24, 2.45) is 5.73 Å². The Balaban J connectivity index is 0. The summed E-state index contributed by atoms with van der Waals surface area (Å²) < 4.78 is 0. The molecule has 1 heterocycles. The largest absolute Gasteiger partial charge is 0.324 e. The zero-order chi connectivity index (χ0) is 8.27. The molecule has 0 radical (unpaired) electrons. The Labute approximate surface area is 93.5 Å². The van der Waals surface area contributed by atoms with Gasteiger partial charge in [-0.1, -0.05) is 11.6 Å². The Morgan fingerprint density at radius 2 is 2.15 bits per heavy atom. The predicted octanol–water partition coefficient (Wildman–Crippen LogP) is 1.72. The molecule has 74 valence electrons. The number of nitrogens with zero attached hydrogens (tertiary/aromatic N) is 1. The summed E-state index contributed by atoms with van der Waals surface area (Å²) >= 11 is 5.66. The topological polar surface area (TPSA) is 56.0 Å². The summed E-state index contributed by atoms with van der Waals surface area (Å²) in [5.41, 5.74) is 5.37. The first-order valence-electron chi connectivity index (χ1n) is 3.09. The third-order valence-electron chi connectivity index (χ3n) is 1.21. The molecule has 0 spiro atoms. The fraction of sp³-hybridized carbons (Fsp3) is 0.143. The van der Waals surface area contributed by atoms with Crippen LogP contribution in [0.5, 0.6) is 0 Å². The molecule has 0 bridgehead atoms. The number of carbonyl (C=O) groups excluding carboxylic acids is 1. The summed E-state index contributed by atoms with van der Waals surface area (Å²) in [6.07, 6.45) is 1.51. The molecule has 0 saturated carbocycles. The second-order valence-corrected chi connectivity index (χ2v) is 2.37. The van der Waals surface area contributed by atoms with Gasteiger partial charge in [-0.25, -0.2) is 0 Å². The van der Waals surface area contributed by atoms with Gasteiger partial charge in [-0.15, -0.1) is 24.8 Å². The summed E-state index contributed by atoms with van der Waals surface area (Å²) in [6.45, 7) is -0.0588. The van der Waals surface area contributed by atoms with Crippen molar-refractivity contribution in [3.05, 3.63) is 29.0 Å². The summed E-state index contributed by atoms with van der Waals surface area (Å²) in [5.74, 6) is -0.240. The van der Waals surface area contributed by atoms with Crippen LogP contribution in [0.15, 0.2) is 18.3 Å². The van der Waals surface area contributed by atoms with Gasteiger partial charge in [0.15, 0.2) is 5.78 Å². The molecule has 0 amide bonds. The number of Topliss-reactive ketones (excluding diaryl/α,β-unsaturated/α-hetero) is 1. The number of hydrogen-bond donors (Lipinski definition) is 1. The van der Waals surface area contributed by atoms with E-state index >= 15 is 0 Å². The first-order valence-corrected chi connectivity index (χ1v) is 3.47. The highest BCUT2D eigenvalue weighted by Gasteiger charge is 2.07. The van der Waals surface area contributed by atoms with Crippen LogP contribution in [0.25, 0.3) is 0 Å². The maximum atomic E-state index is 11.0. The van der Waals surface area contributed by atoms with E-state index in [0.29, 0.717) is 5.02 Å². The Bertz CT molecular complexity index is 280. The van der Waals surface area contributed by atoms with Gasteiger partial charge in [0.05, 0.1) is 11.6 Å². The van der Waals surface area contributed by atoms with Crippen LogP contribution in [0.4, 0.5) is 0 Å². The first-order chi connectivity index (χ1) is 5.25. The lowest BCUT2D eigenvalue weighted by Gasteiger charge is -1.97. The molecule has 0 aromatic carbocycles. The van der Waals surface area contributed by atoms with E-state index in [1.54, 1.807) is 12.1 Å². The Hall–Kier alpha value is -0.350. The lowest BCUT2D eigenvalue weighted by atomic mass is 10.2. The van der Waals surface area contributed by atoms with E-state index in [0.717, 1.165) is 0 Å². The highest BCUT2D eigenvalue weighted by Crippen LogP contribution is 2.11. The third-order valence-corrected chi connectivity index (χ3v) is 1.51. The molecule has 13 heavy (non-hydrogen) atoms. The molecule has 0 saturated heterocycles. The Kier molecular flexibility index (Phi) is 8.26. The standard InChI is InChI=1S/C7H7ClN2O.2ClH/c8-5-2-1-3-10-7(5)6(11)4-9;;/h1-3H,4,9H2;2*1H. The monoisotopic (exact) mass is 242 g/mol. The number of halogens is 3. The van der Waals surface area contributed by atoms with E-state index in [-0.39, 0.29) is 42.8 Å². The van der Waals surface area contributed by atoms with Crippen LogP contribution in [-0.4, -0.2) is 17.3 Å². The van der Waals surface area contributed by atoms with Gasteiger partial charge in [-0.3, -0.25) is 9.78 Å². The minimum Gasteiger partial charge on any atom is -0.324 e. The highest BCUT2D eigenvalue weighted by molar-refractivity contribution is 6.33. The molecule has 1 aromatic heterocycles. The predicted molar refractivity (Wildman–Crippen MR) is 57.1 cm³/mol. The van der Waals surface area contributed by atoms with Gasteiger partial charge in [0.2, 0.25) is 0 Å². The number of rotatable bonds is 2. The molecule has 2 N–H and O–H groups in total. The molecule has 6 heteroatoms. The SMILES string of the molecule is Cl.Cl.NCC(=O)c1ncccc1Cl. The molecule has 0 unspecified atom stereocenters. The summed E-state index contributed by atoms with van der Waals surface area (Å²) in [7, 11) is 0. The average Bonchev–Trinajstić information content (AvgIpc) is 2.04. The minimum atomic E-state index is -0.240. The number of ketones is 1. The van der Waals surface area contributed by atoms with Crippen LogP contribution in [0.2, 0.25) is 5.02 Å². The van der Waals surface area contributed by atoms with Crippen molar-refractivity contribution in [2.75, 3.05) is 6.54 Å². The molecular weight excluding hydrogens is 234 g/mol. The quantitative estimate of drug-likeness (QED) is 0.805. The second-order valence-electron chi connectivity index (χ2n) is 1.96. The molecule has 3 nitrogen and oxygen atoms in total. The lowest BCUT2D eigenvalue weighted by Crippen LogP contribution is -2.15. The first kappa shape index (κ1) is 15.1. The molecule has 1 aromatic rings. The van der Waals surface area contributed by atoms with E-state index in [9.17, 15) is 4.79 Å². The van der Waals surface area contributed by atoms with Crippen molar-refractivity contribution in [1.82, 2.24) is 4.98 Å². The van der Waals surface area contributed by atoms with E-state index in [2.05, 4.69) is 4.98 Å². The van der Waals surface area contributed by atoms with Gasteiger partial charge < -0.3 is 5.73 Å². The van der Waals surface area contributed by atoms with Crippen LogP contribution >= 0.6 is 36.4 Å². The van der Waals surface area contributed by atoms with Crippen molar-refractivity contribution in [1.29, 1.82) is 0 Å². The molecule has 0 aliphatic heterocycles. The van der Waals surface area contributed by atoms with Gasteiger partial charge in [-0.05, 0) is 12.1 Å². The average molecular weight is 244 g/mol. The second kappa shape index (κ2) is 7.09. The molecule has 0 aliphatic carbocycles. The number of hydrogen-bond acceptors (Lipinski definition) is 3. The van der Waals surface area contributed by atoms with Crippen molar-refractivity contribution in [2.45, 2.75) is 0 Å². The molecular formula is C7H9Cl3N2O. The van der Waals surface area contributed by atoms with Crippen LogP contribution < -0.4 is 5.73 Å². The number of nitrogens with two attached hydrogens (primary N) is 1. The number of carbonyl (C=O) groups is 1. The van der Waals surface area contributed by atoms with Gasteiger partial charge in [0.1, 0.15) is 5.69 Å².